The molecule has 0 aliphatic rings. The van der Waals surface area contributed by atoms with Crippen LogP contribution in [0.2, 0.25) is 0 Å². The first-order valence-corrected chi connectivity index (χ1v) is 7.65. The number of hydrogen-bond donors (Lipinski definition) is 1. The molecule has 21 heavy (non-hydrogen) atoms. The highest BCUT2D eigenvalue weighted by Crippen LogP contribution is 2.34. The average molecular weight is 287 g/mol. The first-order valence-electron chi connectivity index (χ1n) is 7.65. The fraction of sp³-hybridized carbons (Fsp3) is 0.471. The lowest BCUT2D eigenvalue weighted by Crippen LogP contribution is -2.11. The van der Waals surface area contributed by atoms with Gasteiger partial charge in [0.1, 0.15) is 23.1 Å². The Bertz CT molecular complexity index is 602. The highest BCUT2D eigenvalue weighted by atomic mass is 16.5. The lowest BCUT2D eigenvalue weighted by molar-refractivity contribution is 0.341. The minimum Gasteiger partial charge on any atom is -0.493 e. The van der Waals surface area contributed by atoms with Gasteiger partial charge in [-0.1, -0.05) is 32.9 Å². The molecular weight excluding hydrogens is 262 g/mol. The molecule has 4 heteroatoms. The summed E-state index contributed by atoms with van der Waals surface area (Å²) in [6, 6.07) is 7.94. The minimum absolute atomic E-state index is 0.529. The zero-order valence-electron chi connectivity index (χ0n) is 13.4. The first-order chi connectivity index (χ1) is 10.1. The summed E-state index contributed by atoms with van der Waals surface area (Å²) in [6.07, 6.45) is 0.869. The van der Waals surface area contributed by atoms with Crippen LogP contribution in [-0.4, -0.2) is 16.2 Å². The average Bonchev–Trinajstić information content (AvgIpc) is 2.76. The summed E-state index contributed by atoms with van der Waals surface area (Å²) in [5.74, 6) is 3.13. The van der Waals surface area contributed by atoms with Gasteiger partial charge in [-0.15, -0.1) is 0 Å². The molecule has 0 aliphatic carbocycles. The molecule has 0 amide bonds. The standard InChI is InChI=1S/C17H25N3O/c1-5-15-19-16(17(18)20(15)11-12(3)4)13-9-7-8-10-14(13)21-6-2/h7-10,12H,5-6,11,18H2,1-4H3. The normalized spacial score (nSPS) is 11.1. The molecule has 0 spiro atoms. The number of nitrogen functional groups attached to an aromatic ring is 1. The molecule has 0 radical (unpaired) electrons. The number of rotatable bonds is 6. The third-order valence-electron chi connectivity index (χ3n) is 3.39. The van der Waals surface area contributed by atoms with Gasteiger partial charge in [-0.05, 0) is 25.0 Å². The summed E-state index contributed by atoms with van der Waals surface area (Å²) in [4.78, 5) is 4.75. The summed E-state index contributed by atoms with van der Waals surface area (Å²) in [7, 11) is 0. The molecule has 0 bridgehead atoms. The molecule has 0 aliphatic heterocycles. The molecule has 2 aromatic rings. The van der Waals surface area contributed by atoms with E-state index in [9.17, 15) is 0 Å². The van der Waals surface area contributed by atoms with Crippen LogP contribution in [0.5, 0.6) is 5.75 Å². The Morgan fingerprint density at radius 2 is 1.95 bits per heavy atom. The van der Waals surface area contributed by atoms with Crippen molar-refractivity contribution in [2.45, 2.75) is 40.7 Å². The van der Waals surface area contributed by atoms with Crippen molar-refractivity contribution >= 4 is 5.82 Å². The van der Waals surface area contributed by atoms with E-state index in [2.05, 4.69) is 25.3 Å². The maximum absolute atomic E-state index is 6.37. The number of nitrogens with two attached hydrogens (primary N) is 1. The Morgan fingerprint density at radius 3 is 2.57 bits per heavy atom. The SMILES string of the molecule is CCOc1ccccc1-c1nc(CC)n(CC(C)C)c1N. The van der Waals surface area contributed by atoms with Gasteiger partial charge < -0.3 is 15.0 Å². The summed E-state index contributed by atoms with van der Waals surface area (Å²) in [5.41, 5.74) is 8.17. The number of anilines is 1. The summed E-state index contributed by atoms with van der Waals surface area (Å²) in [5, 5.41) is 0. The molecule has 0 saturated heterocycles. The number of imidazole rings is 1. The molecule has 0 unspecified atom stereocenters. The summed E-state index contributed by atoms with van der Waals surface area (Å²) >= 11 is 0. The minimum atomic E-state index is 0.529. The van der Waals surface area contributed by atoms with Gasteiger partial charge in [-0.25, -0.2) is 4.98 Å². The number of para-hydroxylation sites is 1. The van der Waals surface area contributed by atoms with E-state index < -0.39 is 0 Å². The first kappa shape index (κ1) is 15.4. The number of aryl methyl sites for hydroxylation is 1. The van der Waals surface area contributed by atoms with Crippen molar-refractivity contribution in [2.24, 2.45) is 5.92 Å². The van der Waals surface area contributed by atoms with E-state index in [1.807, 2.05) is 31.2 Å². The lowest BCUT2D eigenvalue weighted by Gasteiger charge is -2.12. The molecule has 114 valence electrons. The van der Waals surface area contributed by atoms with Gasteiger partial charge in [0.15, 0.2) is 0 Å². The smallest absolute Gasteiger partial charge is 0.131 e. The maximum Gasteiger partial charge on any atom is 0.131 e. The molecule has 1 aromatic heterocycles. The van der Waals surface area contributed by atoms with E-state index in [-0.39, 0.29) is 0 Å². The van der Waals surface area contributed by atoms with E-state index in [1.54, 1.807) is 0 Å². The Morgan fingerprint density at radius 1 is 1.24 bits per heavy atom. The number of nitrogens with zero attached hydrogens (tertiary/aromatic N) is 2. The van der Waals surface area contributed by atoms with Crippen LogP contribution < -0.4 is 10.5 Å². The monoisotopic (exact) mass is 287 g/mol. The maximum atomic E-state index is 6.37. The molecule has 4 nitrogen and oxygen atoms in total. The second-order valence-electron chi connectivity index (χ2n) is 5.55. The largest absolute Gasteiger partial charge is 0.493 e. The number of benzene rings is 1. The van der Waals surface area contributed by atoms with Crippen molar-refractivity contribution in [3.05, 3.63) is 30.1 Å². The van der Waals surface area contributed by atoms with Crippen molar-refractivity contribution in [1.82, 2.24) is 9.55 Å². The fourth-order valence-electron chi connectivity index (χ4n) is 2.49. The molecule has 0 saturated carbocycles. The molecule has 1 aromatic carbocycles. The zero-order valence-corrected chi connectivity index (χ0v) is 13.4. The van der Waals surface area contributed by atoms with Crippen LogP contribution >= 0.6 is 0 Å². The van der Waals surface area contributed by atoms with E-state index >= 15 is 0 Å². The summed E-state index contributed by atoms with van der Waals surface area (Å²) < 4.78 is 7.83. The molecule has 2 rings (SSSR count). The van der Waals surface area contributed by atoms with Gasteiger partial charge >= 0.3 is 0 Å². The third kappa shape index (κ3) is 3.20. The van der Waals surface area contributed by atoms with Gasteiger partial charge in [-0.2, -0.15) is 0 Å². The molecule has 0 fully saturated rings. The van der Waals surface area contributed by atoms with E-state index in [4.69, 9.17) is 15.5 Å². The van der Waals surface area contributed by atoms with Crippen LogP contribution in [0.1, 0.15) is 33.5 Å². The van der Waals surface area contributed by atoms with Crippen LogP contribution in [0, 0.1) is 5.92 Å². The van der Waals surface area contributed by atoms with E-state index in [0.717, 1.165) is 41.6 Å². The van der Waals surface area contributed by atoms with E-state index in [1.165, 1.54) is 0 Å². The van der Waals surface area contributed by atoms with Crippen LogP contribution in [-0.2, 0) is 13.0 Å². The Labute approximate surface area is 127 Å². The lowest BCUT2D eigenvalue weighted by atomic mass is 10.1. The quantitative estimate of drug-likeness (QED) is 0.880. The highest BCUT2D eigenvalue weighted by molar-refractivity contribution is 5.76. The zero-order chi connectivity index (χ0) is 15.4. The topological polar surface area (TPSA) is 53.1 Å². The molecular formula is C17H25N3O. The summed E-state index contributed by atoms with van der Waals surface area (Å²) in [6.45, 7) is 9.98. The molecule has 1 heterocycles. The van der Waals surface area contributed by atoms with Gasteiger partial charge in [0.2, 0.25) is 0 Å². The Balaban J connectivity index is 2.52. The van der Waals surface area contributed by atoms with E-state index in [0.29, 0.717) is 12.5 Å². The van der Waals surface area contributed by atoms with Gasteiger partial charge in [0, 0.05) is 18.5 Å². The van der Waals surface area contributed by atoms with Crippen LogP contribution in [0.15, 0.2) is 24.3 Å². The number of aromatic nitrogens is 2. The van der Waals surface area contributed by atoms with Crippen molar-refractivity contribution in [3.63, 3.8) is 0 Å². The van der Waals surface area contributed by atoms with Crippen LogP contribution in [0.4, 0.5) is 5.82 Å². The second-order valence-corrected chi connectivity index (χ2v) is 5.55. The van der Waals surface area contributed by atoms with Gasteiger partial charge in [0.05, 0.1) is 6.61 Å². The van der Waals surface area contributed by atoms with Crippen LogP contribution in [0.25, 0.3) is 11.3 Å². The van der Waals surface area contributed by atoms with Crippen molar-refractivity contribution in [1.29, 1.82) is 0 Å². The Kier molecular flexibility index (Phi) is 4.89. The third-order valence-corrected chi connectivity index (χ3v) is 3.39. The number of hydrogen-bond acceptors (Lipinski definition) is 3. The van der Waals surface area contributed by atoms with Crippen molar-refractivity contribution in [3.8, 4) is 17.0 Å². The Hall–Kier alpha value is -1.97. The molecule has 0 atom stereocenters. The predicted octanol–water partition coefficient (Wildman–Crippen LogP) is 3.75. The van der Waals surface area contributed by atoms with Crippen molar-refractivity contribution < 1.29 is 4.74 Å². The fourth-order valence-corrected chi connectivity index (χ4v) is 2.49. The second kappa shape index (κ2) is 6.66. The van der Waals surface area contributed by atoms with Gasteiger partial charge in [-0.3, -0.25) is 0 Å². The predicted molar refractivity (Wildman–Crippen MR) is 87.5 cm³/mol. The highest BCUT2D eigenvalue weighted by Gasteiger charge is 2.18. The van der Waals surface area contributed by atoms with Crippen LogP contribution in [0.3, 0.4) is 0 Å². The number of ether oxygens (including phenoxy) is 1. The van der Waals surface area contributed by atoms with Crippen molar-refractivity contribution in [2.75, 3.05) is 12.3 Å². The van der Waals surface area contributed by atoms with Gasteiger partial charge in [0.25, 0.3) is 0 Å². The molecule has 2 N–H and O–H groups in total.